The Hall–Kier alpha value is -2.61. The fraction of sp³-hybridized carbons (Fsp3) is 0.312. The number of nitrogens with one attached hydrogen (secondary N) is 3. The first-order valence-electron chi connectivity index (χ1n) is 7.48. The third-order valence-corrected chi connectivity index (χ3v) is 3.55. The Morgan fingerprint density at radius 1 is 1.50 bits per heavy atom. The molecule has 0 saturated carbocycles. The van der Waals surface area contributed by atoms with Gasteiger partial charge in [0.05, 0.1) is 36.9 Å². The van der Waals surface area contributed by atoms with Gasteiger partial charge in [0.15, 0.2) is 5.11 Å². The van der Waals surface area contributed by atoms with Gasteiger partial charge in [-0.05, 0) is 50.7 Å². The lowest BCUT2D eigenvalue weighted by molar-refractivity contribution is 0.0525. The van der Waals surface area contributed by atoms with Crippen molar-refractivity contribution >= 4 is 29.5 Å². The molecule has 0 saturated heterocycles. The number of carbonyl (C=O) groups excluding carboxylic acids is 1. The molecule has 128 valence electrons. The Labute approximate surface area is 145 Å². The van der Waals surface area contributed by atoms with Crippen molar-refractivity contribution in [1.29, 1.82) is 0 Å². The Kier molecular flexibility index (Phi) is 6.14. The van der Waals surface area contributed by atoms with Crippen molar-refractivity contribution in [2.24, 2.45) is 5.10 Å². The highest BCUT2D eigenvalue weighted by atomic mass is 32.1. The quantitative estimate of drug-likeness (QED) is 0.321. The minimum absolute atomic E-state index is 0.337. The fourth-order valence-corrected chi connectivity index (χ4v) is 2.31. The Morgan fingerprint density at radius 3 is 2.96 bits per heavy atom. The molecule has 0 amide bonds. The van der Waals surface area contributed by atoms with Crippen LogP contribution in [0.2, 0.25) is 0 Å². The Morgan fingerprint density at radius 2 is 2.29 bits per heavy atom. The summed E-state index contributed by atoms with van der Waals surface area (Å²) in [7, 11) is 0. The zero-order valence-corrected chi connectivity index (χ0v) is 14.6. The number of H-pyrrole nitrogens is 1. The predicted molar refractivity (Wildman–Crippen MR) is 95.1 cm³/mol. The minimum atomic E-state index is -0.341. The predicted octanol–water partition coefficient (Wildman–Crippen LogP) is 2.40. The molecule has 0 spiro atoms. The third kappa shape index (κ3) is 4.45. The van der Waals surface area contributed by atoms with Crippen molar-refractivity contribution in [1.82, 2.24) is 15.7 Å². The molecule has 7 nitrogen and oxygen atoms in total. The molecule has 0 fully saturated rings. The summed E-state index contributed by atoms with van der Waals surface area (Å²) < 4.78 is 10.2. The van der Waals surface area contributed by atoms with E-state index in [0.29, 0.717) is 23.8 Å². The normalized spacial score (nSPS) is 10.8. The second-order valence-electron chi connectivity index (χ2n) is 5.02. The molecule has 2 aromatic rings. The number of carbonyl (C=O) groups is 1. The molecule has 8 heteroatoms. The number of aryl methyl sites for hydroxylation is 1. The largest absolute Gasteiger partial charge is 0.467 e. The number of furan rings is 1. The molecule has 24 heavy (non-hydrogen) atoms. The highest BCUT2D eigenvalue weighted by Crippen LogP contribution is 2.17. The highest BCUT2D eigenvalue weighted by Gasteiger charge is 2.18. The van der Waals surface area contributed by atoms with Crippen molar-refractivity contribution in [3.63, 3.8) is 0 Å². The van der Waals surface area contributed by atoms with Crippen LogP contribution in [0.15, 0.2) is 27.9 Å². The van der Waals surface area contributed by atoms with Gasteiger partial charge in [0.25, 0.3) is 0 Å². The SMILES string of the molecule is CCOC(=O)c1c(C)[nH]c(/C=N/NC(=S)NCc2ccco2)c1C. The van der Waals surface area contributed by atoms with Crippen LogP contribution in [0.25, 0.3) is 0 Å². The summed E-state index contributed by atoms with van der Waals surface area (Å²) in [6, 6.07) is 3.66. The van der Waals surface area contributed by atoms with Crippen LogP contribution in [0, 0.1) is 13.8 Å². The summed E-state index contributed by atoms with van der Waals surface area (Å²) in [5.41, 5.74) is 5.50. The van der Waals surface area contributed by atoms with Gasteiger partial charge in [-0.25, -0.2) is 4.79 Å². The number of hydrazone groups is 1. The standard InChI is InChI=1S/C16H20N4O3S/c1-4-22-15(21)14-10(2)13(19-11(14)3)9-18-20-16(24)17-8-12-6-5-7-23-12/h5-7,9,19H,4,8H2,1-3H3,(H2,17,20,24)/b18-9+. The van der Waals surface area contributed by atoms with E-state index in [1.54, 1.807) is 19.4 Å². The third-order valence-electron chi connectivity index (χ3n) is 3.32. The van der Waals surface area contributed by atoms with Gasteiger partial charge in [-0.1, -0.05) is 0 Å². The van der Waals surface area contributed by atoms with Gasteiger partial charge >= 0.3 is 5.97 Å². The second-order valence-corrected chi connectivity index (χ2v) is 5.42. The zero-order valence-electron chi connectivity index (χ0n) is 13.8. The number of thiocarbonyl (C=S) groups is 1. The van der Waals surface area contributed by atoms with Gasteiger partial charge in [0.1, 0.15) is 5.76 Å². The van der Waals surface area contributed by atoms with E-state index in [-0.39, 0.29) is 5.97 Å². The summed E-state index contributed by atoms with van der Waals surface area (Å²) in [6.07, 6.45) is 3.18. The molecule has 2 aromatic heterocycles. The first-order valence-corrected chi connectivity index (χ1v) is 7.89. The van der Waals surface area contributed by atoms with Crippen LogP contribution in [0.5, 0.6) is 0 Å². The van der Waals surface area contributed by atoms with Gasteiger partial charge in [-0.3, -0.25) is 5.43 Å². The van der Waals surface area contributed by atoms with Crippen LogP contribution in [0.1, 0.15) is 40.0 Å². The van der Waals surface area contributed by atoms with Crippen molar-refractivity contribution in [3.05, 3.63) is 46.7 Å². The van der Waals surface area contributed by atoms with Gasteiger partial charge in [0, 0.05) is 5.69 Å². The molecule has 0 atom stereocenters. The van der Waals surface area contributed by atoms with Crippen LogP contribution in [-0.2, 0) is 11.3 Å². The van der Waals surface area contributed by atoms with E-state index < -0.39 is 0 Å². The number of nitrogens with zero attached hydrogens (tertiary/aromatic N) is 1. The Bertz CT molecular complexity index is 735. The average molecular weight is 348 g/mol. The second kappa shape index (κ2) is 8.30. The number of hydrogen-bond acceptors (Lipinski definition) is 5. The van der Waals surface area contributed by atoms with Gasteiger partial charge < -0.3 is 19.5 Å². The van der Waals surface area contributed by atoms with Crippen molar-refractivity contribution in [2.45, 2.75) is 27.3 Å². The van der Waals surface area contributed by atoms with E-state index in [0.717, 1.165) is 22.7 Å². The average Bonchev–Trinajstić information content (AvgIpc) is 3.14. The summed E-state index contributed by atoms with van der Waals surface area (Å²) >= 11 is 5.12. The van der Waals surface area contributed by atoms with E-state index in [2.05, 4.69) is 20.8 Å². The maximum Gasteiger partial charge on any atom is 0.340 e. The summed E-state index contributed by atoms with van der Waals surface area (Å²) in [5, 5.41) is 7.41. The molecule has 3 N–H and O–H groups in total. The van der Waals surface area contributed by atoms with Crippen molar-refractivity contribution in [3.8, 4) is 0 Å². The maximum absolute atomic E-state index is 11.9. The molecule has 0 aliphatic heterocycles. The highest BCUT2D eigenvalue weighted by molar-refractivity contribution is 7.80. The fourth-order valence-electron chi connectivity index (χ4n) is 2.19. The van der Waals surface area contributed by atoms with Crippen LogP contribution >= 0.6 is 12.2 Å². The van der Waals surface area contributed by atoms with Crippen molar-refractivity contribution < 1.29 is 13.9 Å². The zero-order chi connectivity index (χ0) is 17.5. The summed E-state index contributed by atoms with van der Waals surface area (Å²) in [4.78, 5) is 15.0. The van der Waals surface area contributed by atoms with Crippen LogP contribution < -0.4 is 10.7 Å². The van der Waals surface area contributed by atoms with Crippen LogP contribution in [0.3, 0.4) is 0 Å². The van der Waals surface area contributed by atoms with E-state index in [4.69, 9.17) is 21.4 Å². The number of aromatic amines is 1. The van der Waals surface area contributed by atoms with Crippen molar-refractivity contribution in [2.75, 3.05) is 6.61 Å². The van der Waals surface area contributed by atoms with Crippen LogP contribution in [0.4, 0.5) is 0 Å². The molecular weight excluding hydrogens is 328 g/mol. The van der Waals surface area contributed by atoms with E-state index >= 15 is 0 Å². The molecule has 0 aromatic carbocycles. The minimum Gasteiger partial charge on any atom is -0.467 e. The number of ether oxygens (including phenoxy) is 1. The number of rotatable bonds is 6. The first kappa shape index (κ1) is 17.7. The van der Waals surface area contributed by atoms with E-state index in [9.17, 15) is 4.79 Å². The lowest BCUT2D eigenvalue weighted by atomic mass is 10.1. The topological polar surface area (TPSA) is 91.7 Å². The summed E-state index contributed by atoms with van der Waals surface area (Å²) in [6.45, 7) is 6.24. The van der Waals surface area contributed by atoms with Crippen LogP contribution in [-0.4, -0.2) is 28.9 Å². The van der Waals surface area contributed by atoms with E-state index in [1.165, 1.54) is 0 Å². The molecule has 2 heterocycles. The number of aromatic nitrogens is 1. The lowest BCUT2D eigenvalue weighted by Crippen LogP contribution is -2.31. The van der Waals surface area contributed by atoms with Gasteiger partial charge in [-0.15, -0.1) is 0 Å². The lowest BCUT2D eigenvalue weighted by Gasteiger charge is -2.04. The number of esters is 1. The molecule has 0 aliphatic carbocycles. The maximum atomic E-state index is 11.9. The monoisotopic (exact) mass is 348 g/mol. The molecular formula is C16H20N4O3S. The molecule has 2 rings (SSSR count). The van der Waals surface area contributed by atoms with Gasteiger partial charge in [-0.2, -0.15) is 5.10 Å². The molecule has 0 aliphatic rings. The smallest absolute Gasteiger partial charge is 0.340 e. The first-order chi connectivity index (χ1) is 11.5. The molecule has 0 radical (unpaired) electrons. The summed E-state index contributed by atoms with van der Waals surface area (Å²) in [5.74, 6) is 0.435. The van der Waals surface area contributed by atoms with E-state index in [1.807, 2.05) is 26.0 Å². The Balaban J connectivity index is 1.93. The molecule has 0 unspecified atom stereocenters. The molecule has 0 bridgehead atoms. The number of hydrogen-bond donors (Lipinski definition) is 3. The van der Waals surface area contributed by atoms with Gasteiger partial charge in [0.2, 0.25) is 0 Å².